The number of guanidine groups is 1. The van der Waals surface area contributed by atoms with Crippen molar-refractivity contribution in [2.75, 3.05) is 13.2 Å². The lowest BCUT2D eigenvalue weighted by Gasteiger charge is -2.23. The largest absolute Gasteiger partial charge is 0.480 e. The Morgan fingerprint density at radius 1 is 1.45 bits per heavy atom. The first-order chi connectivity index (χ1) is 13.8. The second-order valence-corrected chi connectivity index (χ2v) is 7.59. The Morgan fingerprint density at radius 2 is 2.14 bits per heavy atom. The van der Waals surface area contributed by atoms with Crippen LogP contribution >= 0.6 is 11.6 Å². The SMILES string of the molecule is C=N/C(=N\C(=C(/C)Cl)c1cc2n(c1)C(=O)N([C@H](C)C(=O)O)C2)NC1CCOCC1. The standard InChI is InChI=1S/C19H24ClN5O4/c1-11(20)16(23-18(21-3)22-14-4-6-29-7-5-14)13-8-15-10-24(12(2)17(26)27)19(28)25(15)9-13/h8-9,12,14H,3-7,10H2,1-2H3,(H,22,23)(H,26,27)/b16-11+/t12-/m1/s1. The first kappa shape index (κ1) is 21.1. The number of fused-ring (bicyclic) bond motifs is 1. The minimum Gasteiger partial charge on any atom is -0.480 e. The highest BCUT2D eigenvalue weighted by molar-refractivity contribution is 6.32. The maximum atomic E-state index is 12.6. The number of halogens is 1. The first-order valence-electron chi connectivity index (χ1n) is 9.33. The van der Waals surface area contributed by atoms with Gasteiger partial charge in [0.25, 0.3) is 0 Å². The average Bonchev–Trinajstić information content (AvgIpc) is 3.24. The number of aliphatic carboxylic acids is 1. The van der Waals surface area contributed by atoms with Gasteiger partial charge < -0.3 is 20.1 Å². The van der Waals surface area contributed by atoms with Crippen molar-refractivity contribution >= 4 is 42.0 Å². The van der Waals surface area contributed by atoms with Gasteiger partial charge in [0, 0.05) is 41.7 Å². The average molecular weight is 422 g/mol. The Balaban J connectivity index is 1.83. The molecule has 0 radical (unpaired) electrons. The highest BCUT2D eigenvalue weighted by Gasteiger charge is 2.34. The van der Waals surface area contributed by atoms with Gasteiger partial charge in [-0.25, -0.2) is 19.6 Å². The van der Waals surface area contributed by atoms with Crippen molar-refractivity contribution in [3.63, 3.8) is 0 Å². The number of carbonyl (C=O) groups excluding carboxylic acids is 1. The van der Waals surface area contributed by atoms with Crippen molar-refractivity contribution in [1.29, 1.82) is 0 Å². The molecule has 0 aliphatic carbocycles. The Labute approximate surface area is 173 Å². The molecule has 9 nitrogen and oxygen atoms in total. The van der Waals surface area contributed by atoms with Crippen molar-refractivity contribution in [2.45, 2.75) is 45.3 Å². The van der Waals surface area contributed by atoms with Crippen molar-refractivity contribution in [3.05, 3.63) is 28.6 Å². The predicted octanol–water partition coefficient (Wildman–Crippen LogP) is 2.50. The van der Waals surface area contributed by atoms with Crippen LogP contribution < -0.4 is 5.32 Å². The highest BCUT2D eigenvalue weighted by Crippen LogP contribution is 2.29. The number of aromatic nitrogens is 1. The second-order valence-electron chi connectivity index (χ2n) is 7.02. The molecule has 1 saturated heterocycles. The van der Waals surface area contributed by atoms with Crippen LogP contribution in [-0.2, 0) is 16.1 Å². The normalized spacial score (nSPS) is 19.6. The highest BCUT2D eigenvalue weighted by atomic mass is 35.5. The third-order valence-corrected chi connectivity index (χ3v) is 5.21. The Kier molecular flexibility index (Phi) is 6.39. The number of allylic oxidation sites excluding steroid dienone is 1. The van der Waals surface area contributed by atoms with E-state index in [9.17, 15) is 14.7 Å². The molecule has 2 aliphatic heterocycles. The summed E-state index contributed by atoms with van der Waals surface area (Å²) in [6.45, 7) is 8.33. The Morgan fingerprint density at radius 3 is 2.69 bits per heavy atom. The summed E-state index contributed by atoms with van der Waals surface area (Å²) in [5.74, 6) is -0.697. The van der Waals surface area contributed by atoms with Gasteiger partial charge in [0.2, 0.25) is 5.96 Å². The molecule has 1 aromatic heterocycles. The number of rotatable bonds is 5. The van der Waals surface area contributed by atoms with E-state index < -0.39 is 12.0 Å². The first-order valence-corrected chi connectivity index (χ1v) is 9.71. The van der Waals surface area contributed by atoms with E-state index in [2.05, 4.69) is 22.0 Å². The van der Waals surface area contributed by atoms with Crippen LogP contribution in [0.4, 0.5) is 4.79 Å². The minimum atomic E-state index is -1.05. The molecule has 0 unspecified atom stereocenters. The summed E-state index contributed by atoms with van der Waals surface area (Å²) in [7, 11) is 0. The molecular formula is C19H24ClN5O4. The molecule has 0 aromatic carbocycles. The van der Waals surface area contributed by atoms with E-state index in [1.165, 1.54) is 16.4 Å². The van der Waals surface area contributed by atoms with Crippen LogP contribution in [0.2, 0.25) is 0 Å². The summed E-state index contributed by atoms with van der Waals surface area (Å²) in [4.78, 5) is 33.6. The molecule has 1 fully saturated rings. The number of carboxylic acid groups (broad SMARTS) is 1. The number of nitrogens with zero attached hydrogens (tertiary/aromatic N) is 4. The summed E-state index contributed by atoms with van der Waals surface area (Å²) in [5.41, 5.74) is 1.80. The van der Waals surface area contributed by atoms with Crippen LogP contribution in [-0.4, -0.2) is 64.5 Å². The van der Waals surface area contributed by atoms with Crippen molar-refractivity contribution in [3.8, 4) is 0 Å². The molecule has 2 N–H and O–H groups in total. The molecule has 1 aromatic rings. The van der Waals surface area contributed by atoms with E-state index in [0.29, 0.717) is 41.2 Å². The van der Waals surface area contributed by atoms with Gasteiger partial charge in [0.05, 0.1) is 12.2 Å². The zero-order chi connectivity index (χ0) is 21.1. The van der Waals surface area contributed by atoms with Gasteiger partial charge in [-0.2, -0.15) is 0 Å². The number of carboxylic acids is 1. The molecule has 0 spiro atoms. The summed E-state index contributed by atoms with van der Waals surface area (Å²) in [6.07, 6.45) is 3.31. The Bertz CT molecular complexity index is 881. The lowest BCUT2D eigenvalue weighted by Crippen LogP contribution is -2.39. The monoisotopic (exact) mass is 421 g/mol. The quantitative estimate of drug-likeness (QED) is 0.560. The van der Waals surface area contributed by atoms with Gasteiger partial charge in [-0.1, -0.05) is 11.6 Å². The van der Waals surface area contributed by atoms with Crippen LogP contribution in [0, 0.1) is 0 Å². The second kappa shape index (κ2) is 8.79. The molecule has 3 heterocycles. The topological polar surface area (TPSA) is 109 Å². The van der Waals surface area contributed by atoms with Crippen LogP contribution in [0.1, 0.15) is 37.9 Å². The lowest BCUT2D eigenvalue weighted by molar-refractivity contribution is -0.141. The molecule has 3 rings (SSSR count). The van der Waals surface area contributed by atoms with E-state index in [4.69, 9.17) is 16.3 Å². The molecular weight excluding hydrogens is 398 g/mol. The fraction of sp³-hybridized carbons (Fsp3) is 0.474. The number of ether oxygens (including phenoxy) is 1. The molecule has 2 aliphatic rings. The molecule has 156 valence electrons. The molecule has 1 atom stereocenters. The summed E-state index contributed by atoms with van der Waals surface area (Å²) >= 11 is 6.28. The molecule has 0 saturated carbocycles. The number of hydrogen-bond donors (Lipinski definition) is 2. The van der Waals surface area contributed by atoms with Gasteiger partial charge >= 0.3 is 12.0 Å². The van der Waals surface area contributed by atoms with E-state index in [-0.39, 0.29) is 18.6 Å². The minimum absolute atomic E-state index is 0.191. The van der Waals surface area contributed by atoms with Crippen molar-refractivity contribution < 1.29 is 19.4 Å². The molecule has 10 heteroatoms. The van der Waals surface area contributed by atoms with Crippen LogP contribution in [0.5, 0.6) is 0 Å². The number of nitrogens with one attached hydrogen (secondary N) is 1. The van der Waals surface area contributed by atoms with Crippen LogP contribution in [0.15, 0.2) is 27.3 Å². The summed E-state index contributed by atoms with van der Waals surface area (Å²) in [6, 6.07) is 0.677. The summed E-state index contributed by atoms with van der Waals surface area (Å²) < 4.78 is 6.78. The molecule has 29 heavy (non-hydrogen) atoms. The van der Waals surface area contributed by atoms with E-state index in [1.807, 2.05) is 0 Å². The third-order valence-electron chi connectivity index (χ3n) is 5.03. The maximum Gasteiger partial charge on any atom is 0.329 e. The fourth-order valence-electron chi connectivity index (χ4n) is 3.34. The van der Waals surface area contributed by atoms with Gasteiger partial charge in [-0.15, -0.1) is 0 Å². The number of amides is 1. The van der Waals surface area contributed by atoms with Crippen molar-refractivity contribution in [1.82, 2.24) is 14.8 Å². The molecule has 1 amide bonds. The third kappa shape index (κ3) is 4.51. The van der Waals surface area contributed by atoms with Gasteiger partial charge in [0.15, 0.2) is 0 Å². The zero-order valence-electron chi connectivity index (χ0n) is 16.4. The number of aliphatic imine (C=N–C) groups is 2. The predicted molar refractivity (Wildman–Crippen MR) is 110 cm³/mol. The number of hydrogen-bond acceptors (Lipinski definition) is 4. The van der Waals surface area contributed by atoms with Crippen LogP contribution in [0.3, 0.4) is 0 Å². The zero-order valence-corrected chi connectivity index (χ0v) is 17.1. The van der Waals surface area contributed by atoms with Crippen molar-refractivity contribution in [2.24, 2.45) is 9.98 Å². The summed E-state index contributed by atoms with van der Waals surface area (Å²) in [5, 5.41) is 12.9. The smallest absolute Gasteiger partial charge is 0.329 e. The van der Waals surface area contributed by atoms with Gasteiger partial charge in [-0.05, 0) is 39.5 Å². The fourth-order valence-corrected chi connectivity index (χ4v) is 3.49. The Hall–Kier alpha value is -2.65. The number of carbonyl (C=O) groups is 2. The van der Waals surface area contributed by atoms with Crippen LogP contribution in [0.25, 0.3) is 5.70 Å². The van der Waals surface area contributed by atoms with Gasteiger partial charge in [0.1, 0.15) is 6.04 Å². The van der Waals surface area contributed by atoms with Gasteiger partial charge in [-0.3, -0.25) is 4.57 Å². The van der Waals surface area contributed by atoms with E-state index in [0.717, 1.165) is 12.8 Å². The maximum absolute atomic E-state index is 12.6. The van der Waals surface area contributed by atoms with E-state index >= 15 is 0 Å². The van der Waals surface area contributed by atoms with E-state index in [1.54, 1.807) is 19.2 Å². The lowest BCUT2D eigenvalue weighted by atomic mass is 10.1. The molecule has 0 bridgehead atoms.